The van der Waals surface area contributed by atoms with Gasteiger partial charge in [-0.1, -0.05) is 23.7 Å². The predicted molar refractivity (Wildman–Crippen MR) is 81.3 cm³/mol. The van der Waals surface area contributed by atoms with Crippen molar-refractivity contribution >= 4 is 17.6 Å². The highest BCUT2D eigenvalue weighted by molar-refractivity contribution is 6.30. The van der Waals surface area contributed by atoms with Crippen LogP contribution in [0.3, 0.4) is 0 Å². The van der Waals surface area contributed by atoms with Crippen molar-refractivity contribution in [1.82, 2.24) is 20.2 Å². The molecular formula is C15H11ClN4O2. The number of tetrazole rings is 1. The molecule has 2 aromatic carbocycles. The van der Waals surface area contributed by atoms with Gasteiger partial charge in [0.25, 0.3) is 0 Å². The van der Waals surface area contributed by atoms with Crippen molar-refractivity contribution in [2.75, 3.05) is 0 Å². The van der Waals surface area contributed by atoms with Crippen LogP contribution in [0.5, 0.6) is 0 Å². The van der Waals surface area contributed by atoms with E-state index in [4.69, 9.17) is 11.6 Å². The fourth-order valence-corrected chi connectivity index (χ4v) is 2.26. The van der Waals surface area contributed by atoms with Gasteiger partial charge in [-0.05, 0) is 58.8 Å². The molecule has 0 aliphatic heterocycles. The summed E-state index contributed by atoms with van der Waals surface area (Å²) in [7, 11) is 0. The van der Waals surface area contributed by atoms with E-state index in [9.17, 15) is 9.90 Å². The summed E-state index contributed by atoms with van der Waals surface area (Å²) >= 11 is 5.89. The minimum absolute atomic E-state index is 0.164. The number of carboxylic acids is 1. The summed E-state index contributed by atoms with van der Waals surface area (Å²) in [6, 6.07) is 12.1. The number of nitrogens with zero attached hydrogens (tertiary/aromatic N) is 4. The van der Waals surface area contributed by atoms with Crippen LogP contribution in [0.2, 0.25) is 5.02 Å². The minimum Gasteiger partial charge on any atom is -0.478 e. The Morgan fingerprint density at radius 3 is 2.45 bits per heavy atom. The van der Waals surface area contributed by atoms with E-state index < -0.39 is 5.97 Å². The molecular weight excluding hydrogens is 304 g/mol. The molecule has 0 radical (unpaired) electrons. The molecule has 22 heavy (non-hydrogen) atoms. The van der Waals surface area contributed by atoms with Crippen LogP contribution in [0.4, 0.5) is 0 Å². The number of hydrogen-bond donors (Lipinski definition) is 1. The first-order chi connectivity index (χ1) is 10.5. The lowest BCUT2D eigenvalue weighted by Crippen LogP contribution is -2.04. The molecule has 0 saturated heterocycles. The van der Waals surface area contributed by atoms with Gasteiger partial charge in [-0.2, -0.15) is 4.68 Å². The second-order valence-electron chi connectivity index (χ2n) is 4.72. The van der Waals surface area contributed by atoms with E-state index in [1.54, 1.807) is 25.1 Å². The van der Waals surface area contributed by atoms with Gasteiger partial charge < -0.3 is 5.11 Å². The van der Waals surface area contributed by atoms with E-state index in [0.29, 0.717) is 16.5 Å². The number of carbonyl (C=O) groups is 1. The molecule has 3 rings (SSSR count). The summed E-state index contributed by atoms with van der Waals surface area (Å²) < 4.78 is 1.49. The van der Waals surface area contributed by atoms with Crippen LogP contribution < -0.4 is 0 Å². The number of aromatic nitrogens is 4. The Hall–Kier alpha value is -2.73. The van der Waals surface area contributed by atoms with Crippen molar-refractivity contribution in [3.05, 3.63) is 58.9 Å². The molecule has 6 nitrogen and oxygen atoms in total. The minimum atomic E-state index is -1.01. The standard InChI is InChI=1S/C15H11ClN4O2/c1-9-17-18-19-20(9)14-7-11(6-12(8-14)15(21)22)10-2-4-13(16)5-3-10/h2-8H,1H3,(H,21,22). The van der Waals surface area contributed by atoms with E-state index in [1.165, 1.54) is 10.7 Å². The molecule has 3 aromatic rings. The molecule has 0 unspecified atom stereocenters. The van der Waals surface area contributed by atoms with Crippen molar-refractivity contribution in [3.8, 4) is 16.8 Å². The zero-order valence-electron chi connectivity index (χ0n) is 11.6. The molecule has 1 heterocycles. The summed E-state index contributed by atoms with van der Waals surface area (Å²) in [5, 5.41) is 21.2. The first kappa shape index (κ1) is 14.2. The summed E-state index contributed by atoms with van der Waals surface area (Å²) in [4.78, 5) is 11.4. The molecule has 0 spiro atoms. The Balaban J connectivity index is 2.18. The van der Waals surface area contributed by atoms with Gasteiger partial charge in [0, 0.05) is 5.02 Å². The van der Waals surface area contributed by atoms with Crippen molar-refractivity contribution in [1.29, 1.82) is 0 Å². The maximum Gasteiger partial charge on any atom is 0.335 e. The Morgan fingerprint density at radius 2 is 1.86 bits per heavy atom. The van der Waals surface area contributed by atoms with E-state index in [-0.39, 0.29) is 5.56 Å². The average molecular weight is 315 g/mol. The van der Waals surface area contributed by atoms with Crippen LogP contribution in [-0.2, 0) is 0 Å². The van der Waals surface area contributed by atoms with Gasteiger partial charge in [0.05, 0.1) is 11.3 Å². The molecule has 0 atom stereocenters. The smallest absolute Gasteiger partial charge is 0.335 e. The monoisotopic (exact) mass is 314 g/mol. The van der Waals surface area contributed by atoms with Crippen molar-refractivity contribution < 1.29 is 9.90 Å². The fourth-order valence-electron chi connectivity index (χ4n) is 2.14. The fraction of sp³-hybridized carbons (Fsp3) is 0.0667. The van der Waals surface area contributed by atoms with Crippen LogP contribution in [0.1, 0.15) is 16.2 Å². The Kier molecular flexibility index (Phi) is 3.60. The lowest BCUT2D eigenvalue weighted by molar-refractivity contribution is 0.0697. The average Bonchev–Trinajstić information content (AvgIpc) is 2.93. The number of carboxylic acid groups (broad SMARTS) is 1. The van der Waals surface area contributed by atoms with Crippen LogP contribution in [-0.4, -0.2) is 31.3 Å². The zero-order chi connectivity index (χ0) is 15.7. The van der Waals surface area contributed by atoms with E-state index >= 15 is 0 Å². The van der Waals surface area contributed by atoms with E-state index in [2.05, 4.69) is 15.5 Å². The number of benzene rings is 2. The third-order valence-electron chi connectivity index (χ3n) is 3.21. The molecule has 0 aliphatic carbocycles. The summed E-state index contributed by atoms with van der Waals surface area (Å²) in [6.07, 6.45) is 0. The maximum atomic E-state index is 11.4. The lowest BCUT2D eigenvalue weighted by Gasteiger charge is -2.08. The van der Waals surface area contributed by atoms with Gasteiger partial charge in [0.15, 0.2) is 5.82 Å². The highest BCUT2D eigenvalue weighted by Crippen LogP contribution is 2.25. The second kappa shape index (κ2) is 5.57. The first-order valence-electron chi connectivity index (χ1n) is 6.44. The number of aryl methyl sites for hydroxylation is 1. The van der Waals surface area contributed by atoms with Crippen LogP contribution in [0, 0.1) is 6.92 Å². The summed E-state index contributed by atoms with van der Waals surface area (Å²) in [5.41, 5.74) is 2.37. The second-order valence-corrected chi connectivity index (χ2v) is 5.15. The predicted octanol–water partition coefficient (Wildman–Crippen LogP) is 2.99. The van der Waals surface area contributed by atoms with Crippen LogP contribution in [0.15, 0.2) is 42.5 Å². The van der Waals surface area contributed by atoms with Gasteiger partial charge in [-0.3, -0.25) is 0 Å². The number of halogens is 1. The normalized spacial score (nSPS) is 10.6. The summed E-state index contributed by atoms with van der Waals surface area (Å²) in [5.74, 6) is -0.438. The van der Waals surface area contributed by atoms with Gasteiger partial charge in [-0.15, -0.1) is 5.10 Å². The third-order valence-corrected chi connectivity index (χ3v) is 3.46. The molecule has 0 aliphatic rings. The van der Waals surface area contributed by atoms with Gasteiger partial charge in [0.2, 0.25) is 0 Å². The quantitative estimate of drug-likeness (QED) is 0.803. The lowest BCUT2D eigenvalue weighted by atomic mass is 10.0. The molecule has 110 valence electrons. The van der Waals surface area contributed by atoms with Crippen molar-refractivity contribution in [2.45, 2.75) is 6.92 Å². The molecule has 1 aromatic heterocycles. The van der Waals surface area contributed by atoms with E-state index in [1.807, 2.05) is 18.2 Å². The van der Waals surface area contributed by atoms with Gasteiger partial charge in [-0.25, -0.2) is 4.79 Å². The number of hydrogen-bond acceptors (Lipinski definition) is 4. The van der Waals surface area contributed by atoms with Crippen LogP contribution >= 0.6 is 11.6 Å². The zero-order valence-corrected chi connectivity index (χ0v) is 12.3. The third kappa shape index (κ3) is 2.68. The maximum absolute atomic E-state index is 11.4. The summed E-state index contributed by atoms with van der Waals surface area (Å²) in [6.45, 7) is 1.75. The van der Waals surface area contributed by atoms with Gasteiger partial charge in [0.1, 0.15) is 0 Å². The Morgan fingerprint density at radius 1 is 1.14 bits per heavy atom. The topological polar surface area (TPSA) is 80.9 Å². The SMILES string of the molecule is Cc1nnnn1-c1cc(C(=O)O)cc(-c2ccc(Cl)cc2)c1. The first-order valence-corrected chi connectivity index (χ1v) is 6.82. The van der Waals surface area contributed by atoms with Gasteiger partial charge >= 0.3 is 5.97 Å². The molecule has 0 fully saturated rings. The number of rotatable bonds is 3. The highest BCUT2D eigenvalue weighted by atomic mass is 35.5. The molecule has 0 bridgehead atoms. The highest BCUT2D eigenvalue weighted by Gasteiger charge is 2.12. The number of aromatic carboxylic acids is 1. The van der Waals surface area contributed by atoms with Crippen molar-refractivity contribution in [3.63, 3.8) is 0 Å². The van der Waals surface area contributed by atoms with Crippen molar-refractivity contribution in [2.24, 2.45) is 0 Å². The molecule has 0 amide bonds. The van der Waals surface area contributed by atoms with E-state index in [0.717, 1.165) is 11.1 Å². The molecule has 7 heteroatoms. The Bertz CT molecular complexity index is 843. The molecule has 0 saturated carbocycles. The molecule has 1 N–H and O–H groups in total. The largest absolute Gasteiger partial charge is 0.478 e. The van der Waals surface area contributed by atoms with Crippen LogP contribution in [0.25, 0.3) is 16.8 Å². The Labute approximate surface area is 131 Å².